The van der Waals surface area contributed by atoms with Gasteiger partial charge in [0.05, 0.1) is 11.0 Å². The molecule has 0 bridgehead atoms. The van der Waals surface area contributed by atoms with E-state index in [9.17, 15) is 0 Å². The molecule has 0 amide bonds. The van der Waals surface area contributed by atoms with Crippen molar-refractivity contribution in [2.45, 2.75) is 51.4 Å². The molecule has 0 fully saturated rings. The molecular formula is C31H34Cl2N2O4. The van der Waals surface area contributed by atoms with Crippen LogP contribution in [0.15, 0.2) is 94.7 Å². The molecule has 39 heavy (non-hydrogen) atoms. The number of nitrogens with zero attached hydrogens (tertiary/aromatic N) is 2. The highest BCUT2D eigenvalue weighted by Crippen LogP contribution is 2.47. The maximum atomic E-state index is 8.49. The van der Waals surface area contributed by atoms with E-state index >= 15 is 0 Å². The molecule has 2 aromatic rings. The zero-order chi connectivity index (χ0) is 28.8. The molecule has 8 heteroatoms. The van der Waals surface area contributed by atoms with Gasteiger partial charge in [-0.15, -0.1) is 10.2 Å². The molecule has 6 nitrogen and oxygen atoms in total. The summed E-state index contributed by atoms with van der Waals surface area (Å²) < 4.78 is 36.3. The maximum Gasteiger partial charge on any atom is 0.209 e. The van der Waals surface area contributed by atoms with Crippen molar-refractivity contribution in [3.63, 3.8) is 0 Å². The van der Waals surface area contributed by atoms with Gasteiger partial charge in [-0.05, 0) is 55.5 Å². The Morgan fingerprint density at radius 1 is 0.897 bits per heavy atom. The Balaban J connectivity index is 0.000000648. The number of benzene rings is 2. The van der Waals surface area contributed by atoms with Crippen molar-refractivity contribution < 1.29 is 33.5 Å². The number of hydrogen-bond acceptors (Lipinski definition) is 5. The first-order valence-corrected chi connectivity index (χ1v) is 14.4. The standard InChI is InChI=1S/C31H34ClN2.ClHO4/c1-30(2)24-11-7-9-13-26(24)33(5)28(30)18-16-21-15-17-22(19-21)23(20-32)29-31(3,4)25-12-8-10-14-27(25)34(29)6;2-1(3,4)5/h7-14,16,18-20H,15,17H2,1-6H3;(H,2,3,4,5)/q+1;/p-1. The van der Waals surface area contributed by atoms with Crippen LogP contribution >= 0.6 is 11.6 Å². The fourth-order valence-corrected chi connectivity index (χ4v) is 6.48. The number of halogens is 2. The summed E-state index contributed by atoms with van der Waals surface area (Å²) in [7, 11) is -0.607. The Morgan fingerprint density at radius 3 is 2.08 bits per heavy atom. The first-order valence-electron chi connectivity index (χ1n) is 12.8. The molecule has 0 radical (unpaired) electrons. The first kappa shape index (κ1) is 29.3. The van der Waals surface area contributed by atoms with E-state index in [1.54, 1.807) is 5.54 Å². The topological polar surface area (TPSA) is 98.5 Å². The number of fused-ring (bicyclic) bond motifs is 2. The molecule has 1 aliphatic carbocycles. The second-order valence-electron chi connectivity index (χ2n) is 11.1. The number of rotatable bonds is 3. The smallest absolute Gasteiger partial charge is 0.209 e. The lowest BCUT2D eigenvalue weighted by molar-refractivity contribution is -2.00. The third-order valence-corrected chi connectivity index (χ3v) is 8.23. The van der Waals surface area contributed by atoms with Crippen LogP contribution in [-0.2, 0) is 10.8 Å². The highest BCUT2D eigenvalue weighted by Gasteiger charge is 2.46. The second kappa shape index (κ2) is 10.7. The van der Waals surface area contributed by atoms with E-state index in [4.69, 9.17) is 30.2 Å². The van der Waals surface area contributed by atoms with E-state index in [1.165, 1.54) is 45.1 Å². The van der Waals surface area contributed by atoms with E-state index in [1.807, 2.05) is 0 Å². The van der Waals surface area contributed by atoms with Crippen LogP contribution in [-0.4, -0.2) is 24.4 Å². The molecule has 0 N–H and O–H groups in total. The summed E-state index contributed by atoms with van der Waals surface area (Å²) in [5.41, 5.74) is 13.5. The summed E-state index contributed by atoms with van der Waals surface area (Å²) in [5, 5.41) is 0. The van der Waals surface area contributed by atoms with Crippen molar-refractivity contribution in [2.24, 2.45) is 0 Å². The molecular weight excluding hydrogens is 535 g/mol. The summed E-state index contributed by atoms with van der Waals surface area (Å²) in [6.07, 6.45) is 9.01. The van der Waals surface area contributed by atoms with Crippen LogP contribution < -0.4 is 23.5 Å². The molecule has 0 atom stereocenters. The summed E-state index contributed by atoms with van der Waals surface area (Å²) in [4.78, 5) is 2.33. The van der Waals surface area contributed by atoms with Gasteiger partial charge in [-0.25, -0.2) is 18.6 Å². The third kappa shape index (κ3) is 5.64. The van der Waals surface area contributed by atoms with Gasteiger partial charge in [0.15, 0.2) is 5.71 Å². The Kier molecular flexibility index (Phi) is 8.03. The van der Waals surface area contributed by atoms with Crippen LogP contribution in [0.3, 0.4) is 0 Å². The third-order valence-electron chi connectivity index (χ3n) is 8.01. The van der Waals surface area contributed by atoms with Gasteiger partial charge in [-0.3, -0.25) is 0 Å². The van der Waals surface area contributed by atoms with Gasteiger partial charge in [-0.1, -0.05) is 74.0 Å². The predicted molar refractivity (Wildman–Crippen MR) is 146 cm³/mol. The van der Waals surface area contributed by atoms with Gasteiger partial charge in [0, 0.05) is 41.0 Å². The molecule has 5 rings (SSSR count). The summed E-state index contributed by atoms with van der Waals surface area (Å²) >= 11 is 6.51. The lowest BCUT2D eigenvalue weighted by Gasteiger charge is -2.23. The lowest BCUT2D eigenvalue weighted by Crippen LogP contribution is -2.68. The van der Waals surface area contributed by atoms with E-state index in [0.29, 0.717) is 0 Å². The maximum absolute atomic E-state index is 8.49. The minimum atomic E-state index is -4.94. The summed E-state index contributed by atoms with van der Waals surface area (Å²) in [5.74, 6) is 0. The number of anilines is 1. The molecule has 0 aromatic heterocycles. The van der Waals surface area contributed by atoms with Gasteiger partial charge < -0.3 is 4.90 Å². The fraction of sp³-hybridized carbons (Fsp3) is 0.323. The number of para-hydroxylation sites is 2. The van der Waals surface area contributed by atoms with Gasteiger partial charge in [-0.2, -0.15) is 4.58 Å². The van der Waals surface area contributed by atoms with Crippen molar-refractivity contribution in [3.05, 3.63) is 106 Å². The van der Waals surface area contributed by atoms with Crippen LogP contribution in [0.1, 0.15) is 51.7 Å². The molecule has 0 unspecified atom stereocenters. The average molecular weight is 570 g/mol. The number of likely N-dealkylation sites (N-methyl/N-ethyl adjacent to an activating group) is 1. The normalized spacial score (nSPS) is 21.7. The minimum absolute atomic E-state index is 0.00698. The molecule has 2 heterocycles. The molecule has 2 aliphatic heterocycles. The molecule has 206 valence electrons. The van der Waals surface area contributed by atoms with Crippen LogP contribution in [0.4, 0.5) is 11.4 Å². The molecule has 0 saturated carbocycles. The van der Waals surface area contributed by atoms with Crippen molar-refractivity contribution in [2.75, 3.05) is 19.0 Å². The Labute approximate surface area is 237 Å². The van der Waals surface area contributed by atoms with Gasteiger partial charge in [0.1, 0.15) is 7.05 Å². The van der Waals surface area contributed by atoms with Crippen molar-refractivity contribution in [3.8, 4) is 0 Å². The summed E-state index contributed by atoms with van der Waals surface area (Å²) in [6.45, 7) is 9.24. The van der Waals surface area contributed by atoms with Gasteiger partial charge >= 0.3 is 0 Å². The Bertz CT molecular complexity index is 1440. The fourth-order valence-electron chi connectivity index (χ4n) is 6.23. The van der Waals surface area contributed by atoms with E-state index in [2.05, 4.69) is 118 Å². The van der Waals surface area contributed by atoms with E-state index in [0.717, 1.165) is 18.4 Å². The zero-order valence-corrected chi connectivity index (χ0v) is 24.6. The monoisotopic (exact) mass is 568 g/mol. The molecule has 3 aliphatic rings. The van der Waals surface area contributed by atoms with Gasteiger partial charge in [0.2, 0.25) is 5.69 Å². The molecule has 2 aromatic carbocycles. The van der Waals surface area contributed by atoms with E-state index < -0.39 is 10.2 Å². The number of hydrogen-bond donors (Lipinski definition) is 0. The Hall–Kier alpha value is -2.71. The second-order valence-corrected chi connectivity index (χ2v) is 12.1. The van der Waals surface area contributed by atoms with Crippen LogP contribution in [0.5, 0.6) is 0 Å². The lowest BCUT2D eigenvalue weighted by atomic mass is 9.77. The predicted octanol–water partition coefficient (Wildman–Crippen LogP) is 3.02. The molecule has 0 saturated heterocycles. The molecule has 0 spiro atoms. The minimum Gasteiger partial charge on any atom is -0.347 e. The van der Waals surface area contributed by atoms with Crippen LogP contribution in [0, 0.1) is 10.2 Å². The average Bonchev–Trinajstić information content (AvgIpc) is 3.46. The first-order chi connectivity index (χ1) is 18.2. The van der Waals surface area contributed by atoms with Crippen LogP contribution in [0.2, 0.25) is 0 Å². The van der Waals surface area contributed by atoms with Crippen molar-refractivity contribution in [1.29, 1.82) is 0 Å². The van der Waals surface area contributed by atoms with Crippen molar-refractivity contribution in [1.82, 2.24) is 0 Å². The largest absolute Gasteiger partial charge is 0.347 e. The number of allylic oxidation sites excluding steroid dienone is 7. The highest BCUT2D eigenvalue weighted by molar-refractivity contribution is 6.29. The van der Waals surface area contributed by atoms with Gasteiger partial charge in [0.25, 0.3) is 0 Å². The Morgan fingerprint density at radius 2 is 1.49 bits per heavy atom. The SMILES string of the molecule is CN1C(=CC=C2C=C(C(=CCl)C3=[N+](C)c4ccccc4C3(C)C)CC2)C(C)(C)c2ccccc21.[O-][Cl+3]([O-])([O-])[O-]. The zero-order valence-electron chi connectivity index (χ0n) is 23.1. The highest BCUT2D eigenvalue weighted by atomic mass is 35.7. The summed E-state index contributed by atoms with van der Waals surface area (Å²) in [6, 6.07) is 17.4. The van der Waals surface area contributed by atoms with Crippen molar-refractivity contribution >= 4 is 28.7 Å². The van der Waals surface area contributed by atoms with Crippen LogP contribution in [0.25, 0.3) is 0 Å². The van der Waals surface area contributed by atoms with E-state index in [-0.39, 0.29) is 10.8 Å². The quantitative estimate of drug-likeness (QED) is 0.530.